The first-order valence-electron chi connectivity index (χ1n) is 6.03. The fraction of sp³-hybridized carbons (Fsp3) is 0.500. The number of methoxy groups -OCH3 is 1. The van der Waals surface area contributed by atoms with Gasteiger partial charge in [-0.3, -0.25) is 4.79 Å². The summed E-state index contributed by atoms with van der Waals surface area (Å²) in [6.07, 6.45) is 2.19. The minimum atomic E-state index is 0.0155. The third kappa shape index (κ3) is 3.07. The van der Waals surface area contributed by atoms with Gasteiger partial charge in [0.05, 0.1) is 12.5 Å². The van der Waals surface area contributed by atoms with Crippen LogP contribution >= 0.6 is 0 Å². The second-order valence-electron chi connectivity index (χ2n) is 4.38. The average molecular weight is 234 g/mol. The summed E-state index contributed by atoms with van der Waals surface area (Å²) in [4.78, 5) is 11.9. The van der Waals surface area contributed by atoms with Crippen LogP contribution < -0.4 is 4.74 Å². The molecule has 1 atom stereocenters. The maximum absolute atomic E-state index is 11.9. The highest BCUT2D eigenvalue weighted by molar-refractivity contribution is 5.81. The number of rotatable bonds is 5. The Morgan fingerprint density at radius 1 is 1.47 bits per heavy atom. The molecule has 1 aliphatic heterocycles. The Morgan fingerprint density at radius 3 is 3.12 bits per heavy atom. The fourth-order valence-corrected chi connectivity index (χ4v) is 2.13. The van der Waals surface area contributed by atoms with Crippen LogP contribution in [0.3, 0.4) is 0 Å². The highest BCUT2D eigenvalue weighted by atomic mass is 16.5. The molecule has 0 saturated carbocycles. The third-order valence-corrected chi connectivity index (χ3v) is 3.11. The minimum absolute atomic E-state index is 0.0155. The summed E-state index contributed by atoms with van der Waals surface area (Å²) in [5.74, 6) is 1.23. The standard InChI is InChI=1S/C14H18O3/c1-16-8-4-6-13(15)12-9-11-5-2-3-7-14(11)17-10-12/h2-3,5,7,12H,4,6,8-10H2,1H3. The number of ketones is 1. The number of para-hydroxylation sites is 1. The number of hydrogen-bond acceptors (Lipinski definition) is 3. The zero-order valence-corrected chi connectivity index (χ0v) is 10.1. The van der Waals surface area contributed by atoms with Crippen molar-refractivity contribution in [3.63, 3.8) is 0 Å². The van der Waals surface area contributed by atoms with Crippen molar-refractivity contribution in [3.05, 3.63) is 29.8 Å². The molecule has 17 heavy (non-hydrogen) atoms. The molecule has 0 N–H and O–H groups in total. The van der Waals surface area contributed by atoms with Crippen LogP contribution in [0.15, 0.2) is 24.3 Å². The van der Waals surface area contributed by atoms with E-state index in [0.29, 0.717) is 19.6 Å². The number of carbonyl (C=O) groups is 1. The van der Waals surface area contributed by atoms with Crippen molar-refractivity contribution < 1.29 is 14.3 Å². The molecule has 0 aliphatic carbocycles. The van der Waals surface area contributed by atoms with Crippen LogP contribution in [0.25, 0.3) is 0 Å². The number of benzene rings is 1. The maximum atomic E-state index is 11.9. The van der Waals surface area contributed by atoms with Crippen molar-refractivity contribution in [2.45, 2.75) is 19.3 Å². The second-order valence-corrected chi connectivity index (χ2v) is 4.38. The molecule has 3 nitrogen and oxygen atoms in total. The second kappa shape index (κ2) is 5.82. The Morgan fingerprint density at radius 2 is 2.29 bits per heavy atom. The highest BCUT2D eigenvalue weighted by Gasteiger charge is 2.24. The summed E-state index contributed by atoms with van der Waals surface area (Å²) < 4.78 is 10.6. The van der Waals surface area contributed by atoms with Crippen molar-refractivity contribution in [1.29, 1.82) is 0 Å². The summed E-state index contributed by atoms with van der Waals surface area (Å²) in [6, 6.07) is 7.93. The monoisotopic (exact) mass is 234 g/mol. The van der Waals surface area contributed by atoms with Crippen molar-refractivity contribution in [2.75, 3.05) is 20.3 Å². The zero-order chi connectivity index (χ0) is 12.1. The number of carbonyl (C=O) groups excluding carboxylic acids is 1. The smallest absolute Gasteiger partial charge is 0.139 e. The molecule has 1 unspecified atom stereocenters. The van der Waals surface area contributed by atoms with E-state index in [1.807, 2.05) is 24.3 Å². The van der Waals surface area contributed by atoms with E-state index in [1.165, 1.54) is 0 Å². The number of fused-ring (bicyclic) bond motifs is 1. The van der Waals surface area contributed by atoms with Crippen molar-refractivity contribution in [2.24, 2.45) is 5.92 Å². The van der Waals surface area contributed by atoms with Gasteiger partial charge >= 0.3 is 0 Å². The van der Waals surface area contributed by atoms with E-state index in [0.717, 1.165) is 24.2 Å². The quantitative estimate of drug-likeness (QED) is 0.733. The molecular weight excluding hydrogens is 216 g/mol. The van der Waals surface area contributed by atoms with E-state index >= 15 is 0 Å². The van der Waals surface area contributed by atoms with Crippen LogP contribution in [0.5, 0.6) is 5.75 Å². The first-order valence-corrected chi connectivity index (χ1v) is 6.03. The Balaban J connectivity index is 1.91. The van der Waals surface area contributed by atoms with Crippen LogP contribution in [0, 0.1) is 5.92 Å². The lowest BCUT2D eigenvalue weighted by Gasteiger charge is -2.24. The molecular formula is C14H18O3. The predicted octanol–water partition coefficient (Wildman–Crippen LogP) is 2.23. The topological polar surface area (TPSA) is 35.5 Å². The predicted molar refractivity (Wildman–Crippen MR) is 65.2 cm³/mol. The van der Waals surface area contributed by atoms with E-state index in [9.17, 15) is 4.79 Å². The molecule has 1 aliphatic rings. The summed E-state index contributed by atoms with van der Waals surface area (Å²) in [5, 5.41) is 0. The van der Waals surface area contributed by atoms with Gasteiger partial charge in [0.1, 0.15) is 11.5 Å². The van der Waals surface area contributed by atoms with E-state index in [4.69, 9.17) is 9.47 Å². The van der Waals surface area contributed by atoms with Gasteiger partial charge in [-0.1, -0.05) is 18.2 Å². The van der Waals surface area contributed by atoms with Gasteiger partial charge < -0.3 is 9.47 Å². The largest absolute Gasteiger partial charge is 0.493 e. The number of ether oxygens (including phenoxy) is 2. The molecule has 0 fully saturated rings. The summed E-state index contributed by atoms with van der Waals surface area (Å²) in [5.41, 5.74) is 1.14. The first-order chi connectivity index (χ1) is 8.31. The van der Waals surface area contributed by atoms with Crippen molar-refractivity contribution in [3.8, 4) is 5.75 Å². The van der Waals surface area contributed by atoms with Crippen LogP contribution in [-0.4, -0.2) is 26.1 Å². The lowest BCUT2D eigenvalue weighted by atomic mass is 9.91. The lowest BCUT2D eigenvalue weighted by Crippen LogP contribution is -2.28. The van der Waals surface area contributed by atoms with Gasteiger partial charge in [-0.25, -0.2) is 0 Å². The first kappa shape index (κ1) is 12.1. The van der Waals surface area contributed by atoms with Crippen LogP contribution in [0.2, 0.25) is 0 Å². The minimum Gasteiger partial charge on any atom is -0.493 e. The summed E-state index contributed by atoms with van der Waals surface area (Å²) in [6.45, 7) is 1.17. The summed E-state index contributed by atoms with van der Waals surface area (Å²) >= 11 is 0. The Kier molecular flexibility index (Phi) is 4.15. The molecule has 0 aromatic heterocycles. The molecule has 0 saturated heterocycles. The van der Waals surface area contributed by atoms with Gasteiger partial charge in [-0.15, -0.1) is 0 Å². The van der Waals surface area contributed by atoms with Gasteiger partial charge in [0.2, 0.25) is 0 Å². The van der Waals surface area contributed by atoms with E-state index in [2.05, 4.69) is 0 Å². The molecule has 0 amide bonds. The average Bonchev–Trinajstić information content (AvgIpc) is 2.38. The Hall–Kier alpha value is -1.35. The van der Waals surface area contributed by atoms with Crippen LogP contribution in [-0.2, 0) is 16.0 Å². The molecule has 0 bridgehead atoms. The van der Waals surface area contributed by atoms with Crippen LogP contribution in [0.4, 0.5) is 0 Å². The van der Waals surface area contributed by atoms with Gasteiger partial charge in [-0.05, 0) is 24.5 Å². The molecule has 1 aromatic rings. The van der Waals surface area contributed by atoms with Crippen molar-refractivity contribution >= 4 is 5.78 Å². The Labute approximate surface area is 102 Å². The van der Waals surface area contributed by atoms with Gasteiger partial charge in [0.15, 0.2) is 0 Å². The van der Waals surface area contributed by atoms with Gasteiger partial charge in [0, 0.05) is 20.1 Å². The number of Topliss-reactive ketones (excluding diaryl/α,β-unsaturated/α-hetero) is 1. The highest BCUT2D eigenvalue weighted by Crippen LogP contribution is 2.27. The summed E-state index contributed by atoms with van der Waals surface area (Å²) in [7, 11) is 1.66. The van der Waals surface area contributed by atoms with Crippen molar-refractivity contribution in [1.82, 2.24) is 0 Å². The molecule has 1 heterocycles. The van der Waals surface area contributed by atoms with E-state index in [1.54, 1.807) is 7.11 Å². The maximum Gasteiger partial charge on any atom is 0.139 e. The molecule has 92 valence electrons. The number of hydrogen-bond donors (Lipinski definition) is 0. The molecule has 0 spiro atoms. The van der Waals surface area contributed by atoms with Crippen LogP contribution in [0.1, 0.15) is 18.4 Å². The SMILES string of the molecule is COCCCC(=O)C1COc2ccccc2C1. The molecule has 3 heteroatoms. The molecule has 1 aromatic carbocycles. The fourth-order valence-electron chi connectivity index (χ4n) is 2.13. The van der Waals surface area contributed by atoms with E-state index < -0.39 is 0 Å². The van der Waals surface area contributed by atoms with E-state index in [-0.39, 0.29) is 11.7 Å². The van der Waals surface area contributed by atoms with Gasteiger partial charge in [-0.2, -0.15) is 0 Å². The zero-order valence-electron chi connectivity index (χ0n) is 10.1. The Bertz CT molecular complexity index is 387. The third-order valence-electron chi connectivity index (χ3n) is 3.11. The lowest BCUT2D eigenvalue weighted by molar-refractivity contribution is -0.124. The molecule has 0 radical (unpaired) electrons. The molecule has 2 rings (SSSR count). The normalized spacial score (nSPS) is 18.3. The van der Waals surface area contributed by atoms with Gasteiger partial charge in [0.25, 0.3) is 0 Å².